The van der Waals surface area contributed by atoms with Crippen molar-refractivity contribution < 1.29 is 0 Å². The van der Waals surface area contributed by atoms with Gasteiger partial charge in [-0.25, -0.2) is 4.99 Å². The van der Waals surface area contributed by atoms with Gasteiger partial charge in [-0.05, 0) is 91.4 Å². The molecular weight excluding hydrogens is 593 g/mol. The van der Waals surface area contributed by atoms with Gasteiger partial charge in [0.25, 0.3) is 5.56 Å². The Balaban J connectivity index is 1.43. The van der Waals surface area contributed by atoms with Gasteiger partial charge in [0.2, 0.25) is 0 Å². The summed E-state index contributed by atoms with van der Waals surface area (Å²) in [5.74, 6) is 0. The van der Waals surface area contributed by atoms with E-state index in [9.17, 15) is 4.79 Å². The molecule has 2 aromatic heterocycles. The SMILES string of the molecule is Cc1cc(/C=c2/sc3n(c2=O)[C@@H](c2ccc(Cl)cc2)C2=C(N=3)c3ccccc3CC2)c(C)n1-c1ccc(Cl)c(Cl)c1. The summed E-state index contributed by atoms with van der Waals surface area (Å²) < 4.78 is 4.63. The van der Waals surface area contributed by atoms with E-state index in [-0.39, 0.29) is 11.6 Å². The number of allylic oxidation sites excluding steroid dienone is 1. The molecule has 1 aliphatic heterocycles. The Labute approximate surface area is 256 Å². The molecule has 5 aromatic rings. The van der Waals surface area contributed by atoms with Gasteiger partial charge in [-0.3, -0.25) is 9.36 Å². The summed E-state index contributed by atoms with van der Waals surface area (Å²) in [6.45, 7) is 4.09. The molecule has 0 spiro atoms. The van der Waals surface area contributed by atoms with Crippen molar-refractivity contribution in [1.29, 1.82) is 0 Å². The third kappa shape index (κ3) is 4.43. The number of aryl methyl sites for hydroxylation is 2. The van der Waals surface area contributed by atoms with E-state index in [1.807, 2.05) is 60.9 Å². The monoisotopic (exact) mass is 615 g/mol. The van der Waals surface area contributed by atoms with E-state index in [0.717, 1.165) is 52.3 Å². The zero-order chi connectivity index (χ0) is 28.4. The van der Waals surface area contributed by atoms with E-state index in [1.165, 1.54) is 22.5 Å². The smallest absolute Gasteiger partial charge is 0.271 e. The van der Waals surface area contributed by atoms with Crippen molar-refractivity contribution in [3.63, 3.8) is 0 Å². The lowest BCUT2D eigenvalue weighted by molar-refractivity contribution is 0.585. The summed E-state index contributed by atoms with van der Waals surface area (Å²) in [7, 11) is 0. The van der Waals surface area contributed by atoms with Gasteiger partial charge in [-0.1, -0.05) is 82.5 Å². The van der Waals surface area contributed by atoms with Crippen LogP contribution in [0.2, 0.25) is 15.1 Å². The quantitative estimate of drug-likeness (QED) is 0.205. The Morgan fingerprint density at radius 1 is 0.927 bits per heavy atom. The van der Waals surface area contributed by atoms with Gasteiger partial charge >= 0.3 is 0 Å². The molecule has 3 aromatic carbocycles. The second-order valence-corrected chi connectivity index (χ2v) is 12.7. The van der Waals surface area contributed by atoms with Gasteiger partial charge in [0.1, 0.15) is 0 Å². The van der Waals surface area contributed by atoms with Gasteiger partial charge in [-0.2, -0.15) is 0 Å². The molecule has 3 heterocycles. The first-order chi connectivity index (χ1) is 19.8. The maximum atomic E-state index is 14.1. The van der Waals surface area contributed by atoms with E-state index < -0.39 is 0 Å². The molecule has 204 valence electrons. The van der Waals surface area contributed by atoms with Crippen LogP contribution in [0.25, 0.3) is 17.5 Å². The van der Waals surface area contributed by atoms with Crippen molar-refractivity contribution in [2.75, 3.05) is 0 Å². The van der Waals surface area contributed by atoms with Crippen LogP contribution in [0.3, 0.4) is 0 Å². The van der Waals surface area contributed by atoms with Crippen LogP contribution >= 0.6 is 46.1 Å². The zero-order valence-corrected chi connectivity index (χ0v) is 25.4. The zero-order valence-electron chi connectivity index (χ0n) is 22.3. The van der Waals surface area contributed by atoms with Crippen LogP contribution in [0.1, 0.15) is 46.1 Å². The van der Waals surface area contributed by atoms with Crippen molar-refractivity contribution in [3.8, 4) is 5.69 Å². The van der Waals surface area contributed by atoms with Crippen LogP contribution in [-0.4, -0.2) is 9.13 Å². The topological polar surface area (TPSA) is 39.3 Å². The minimum atomic E-state index is -0.238. The molecule has 0 N–H and O–H groups in total. The highest BCUT2D eigenvalue weighted by molar-refractivity contribution is 7.07. The lowest BCUT2D eigenvalue weighted by atomic mass is 9.83. The summed E-state index contributed by atoms with van der Waals surface area (Å²) in [4.78, 5) is 20.0. The van der Waals surface area contributed by atoms with E-state index in [4.69, 9.17) is 39.8 Å². The van der Waals surface area contributed by atoms with Crippen LogP contribution in [0.5, 0.6) is 0 Å². The van der Waals surface area contributed by atoms with Crippen molar-refractivity contribution in [2.24, 2.45) is 4.99 Å². The van der Waals surface area contributed by atoms with Crippen LogP contribution in [0.15, 0.2) is 88.2 Å². The van der Waals surface area contributed by atoms with Crippen molar-refractivity contribution in [3.05, 3.63) is 147 Å². The predicted molar refractivity (Wildman–Crippen MR) is 169 cm³/mol. The summed E-state index contributed by atoms with van der Waals surface area (Å²) in [5.41, 5.74) is 9.51. The summed E-state index contributed by atoms with van der Waals surface area (Å²) in [5, 5.41) is 1.68. The second kappa shape index (κ2) is 10.2. The molecular formula is C33H24Cl3N3OS. The average molecular weight is 617 g/mol. The molecule has 0 bridgehead atoms. The van der Waals surface area contributed by atoms with Crippen LogP contribution in [0, 0.1) is 13.8 Å². The van der Waals surface area contributed by atoms with Gasteiger partial charge in [0.05, 0.1) is 26.3 Å². The maximum Gasteiger partial charge on any atom is 0.271 e. The highest BCUT2D eigenvalue weighted by Crippen LogP contribution is 2.41. The molecule has 1 aliphatic carbocycles. The fraction of sp³-hybridized carbons (Fsp3) is 0.152. The molecule has 8 heteroatoms. The number of hydrogen-bond donors (Lipinski definition) is 0. The maximum absolute atomic E-state index is 14.1. The van der Waals surface area contributed by atoms with Gasteiger partial charge in [0, 0.05) is 27.7 Å². The molecule has 0 fully saturated rings. The third-order valence-corrected chi connectivity index (χ3v) is 9.95. The van der Waals surface area contributed by atoms with E-state index in [1.54, 1.807) is 6.07 Å². The van der Waals surface area contributed by atoms with E-state index in [2.05, 4.69) is 34.9 Å². The van der Waals surface area contributed by atoms with Gasteiger partial charge in [-0.15, -0.1) is 0 Å². The molecule has 4 nitrogen and oxygen atoms in total. The highest BCUT2D eigenvalue weighted by Gasteiger charge is 2.32. The Kier molecular flexibility index (Phi) is 6.59. The highest BCUT2D eigenvalue weighted by atomic mass is 35.5. The van der Waals surface area contributed by atoms with Crippen molar-refractivity contribution >= 4 is 57.9 Å². The number of hydrogen-bond acceptors (Lipinski definition) is 3. The molecule has 7 rings (SSSR count). The summed E-state index contributed by atoms with van der Waals surface area (Å²) >= 11 is 20.2. The Morgan fingerprint density at radius 2 is 1.71 bits per heavy atom. The predicted octanol–water partition coefficient (Wildman–Crippen LogP) is 7.69. The molecule has 2 aliphatic rings. The number of fused-ring (bicyclic) bond motifs is 3. The second-order valence-electron chi connectivity index (χ2n) is 10.4. The first-order valence-electron chi connectivity index (χ1n) is 13.3. The fourth-order valence-corrected chi connectivity index (χ4v) is 7.47. The Hall–Kier alpha value is -3.35. The lowest BCUT2D eigenvalue weighted by Crippen LogP contribution is -2.38. The normalized spacial score (nSPS) is 16.3. The molecule has 0 unspecified atom stereocenters. The van der Waals surface area contributed by atoms with Gasteiger partial charge in [0.15, 0.2) is 4.80 Å². The first-order valence-corrected chi connectivity index (χ1v) is 15.3. The van der Waals surface area contributed by atoms with Crippen LogP contribution < -0.4 is 14.9 Å². The first kappa shape index (κ1) is 26.5. The number of thiazole rings is 1. The molecule has 0 saturated carbocycles. The lowest BCUT2D eigenvalue weighted by Gasteiger charge is -2.30. The molecule has 0 amide bonds. The fourth-order valence-electron chi connectivity index (χ4n) is 6.06. The van der Waals surface area contributed by atoms with Crippen molar-refractivity contribution in [2.45, 2.75) is 32.7 Å². The minimum Gasteiger partial charge on any atom is -0.318 e. The van der Waals surface area contributed by atoms with E-state index in [0.29, 0.717) is 24.4 Å². The average Bonchev–Trinajstić information content (AvgIpc) is 3.43. The third-order valence-electron chi connectivity index (χ3n) is 7.98. The van der Waals surface area contributed by atoms with Crippen LogP contribution in [0.4, 0.5) is 0 Å². The Bertz CT molecular complexity index is 2080. The van der Waals surface area contributed by atoms with Crippen LogP contribution in [-0.2, 0) is 6.42 Å². The van der Waals surface area contributed by atoms with E-state index >= 15 is 0 Å². The number of nitrogens with zero attached hydrogens (tertiary/aromatic N) is 3. The largest absolute Gasteiger partial charge is 0.318 e. The minimum absolute atomic E-state index is 0.0431. The molecule has 0 radical (unpaired) electrons. The number of benzene rings is 3. The Morgan fingerprint density at radius 3 is 2.49 bits per heavy atom. The summed E-state index contributed by atoms with van der Waals surface area (Å²) in [6.07, 6.45) is 3.74. The summed E-state index contributed by atoms with van der Waals surface area (Å²) in [6, 6.07) is 23.7. The number of aromatic nitrogens is 2. The molecule has 1 atom stereocenters. The standard InChI is InChI=1S/C33H24Cl3N3OS/c1-18-15-22(19(2)38(18)24-12-14-27(35)28(36)17-24)16-29-32(40)39-31(21-7-10-23(34)11-8-21)26-13-9-20-5-3-4-6-25(20)30(26)37-33(39)41-29/h3-8,10-12,14-17,31H,9,13H2,1-2H3/b29-16+/t31-/m0/s1. The molecule has 41 heavy (non-hydrogen) atoms. The number of halogens is 3. The van der Waals surface area contributed by atoms with Crippen molar-refractivity contribution in [1.82, 2.24) is 9.13 Å². The number of rotatable bonds is 3. The molecule has 0 saturated heterocycles. The van der Waals surface area contributed by atoms with Gasteiger partial charge < -0.3 is 4.57 Å².